The van der Waals surface area contributed by atoms with Crippen molar-refractivity contribution in [1.29, 1.82) is 0 Å². The Morgan fingerprint density at radius 2 is 1.58 bits per heavy atom. The van der Waals surface area contributed by atoms with Gasteiger partial charge in [-0.3, -0.25) is 0 Å². The van der Waals surface area contributed by atoms with Crippen LogP contribution in [-0.4, -0.2) is 6.36 Å². The van der Waals surface area contributed by atoms with E-state index in [9.17, 15) is 17.6 Å². The lowest BCUT2D eigenvalue weighted by Gasteiger charge is -2.10. The monoisotopic (exact) mass is 382 g/mol. The largest absolute Gasteiger partial charge is 0.573 e. The highest BCUT2D eigenvalue weighted by Gasteiger charge is 2.30. The molecule has 0 aliphatic carbocycles. The lowest BCUT2D eigenvalue weighted by atomic mass is 10.1. The van der Waals surface area contributed by atoms with Crippen molar-refractivity contribution in [3.8, 4) is 16.9 Å². The van der Waals surface area contributed by atoms with E-state index >= 15 is 0 Å². The summed E-state index contributed by atoms with van der Waals surface area (Å²) in [7, 11) is 0. The lowest BCUT2D eigenvalue weighted by Crippen LogP contribution is -2.16. The van der Waals surface area contributed by atoms with Gasteiger partial charge in [-0.25, -0.2) is 4.39 Å². The van der Waals surface area contributed by atoms with Crippen LogP contribution in [0.2, 0.25) is 0 Å². The van der Waals surface area contributed by atoms with Crippen molar-refractivity contribution in [2.45, 2.75) is 6.36 Å². The summed E-state index contributed by atoms with van der Waals surface area (Å²) in [5, 5.41) is 0. The van der Waals surface area contributed by atoms with Gasteiger partial charge in [0.1, 0.15) is 11.6 Å². The molecule has 0 fully saturated rings. The zero-order chi connectivity index (χ0) is 14.0. The molecule has 0 unspecified atom stereocenters. The topological polar surface area (TPSA) is 9.23 Å². The van der Waals surface area contributed by atoms with Gasteiger partial charge in [0.25, 0.3) is 0 Å². The maximum Gasteiger partial charge on any atom is 0.573 e. The Morgan fingerprint density at radius 1 is 0.947 bits per heavy atom. The summed E-state index contributed by atoms with van der Waals surface area (Å²) < 4.78 is 54.0. The summed E-state index contributed by atoms with van der Waals surface area (Å²) in [6.07, 6.45) is -4.73. The minimum atomic E-state index is -4.73. The van der Waals surface area contributed by atoms with Crippen molar-refractivity contribution >= 4 is 22.6 Å². The van der Waals surface area contributed by atoms with Crippen LogP contribution in [0.4, 0.5) is 17.6 Å². The summed E-state index contributed by atoms with van der Waals surface area (Å²) in [4.78, 5) is 0. The quantitative estimate of drug-likeness (QED) is 0.525. The molecule has 2 rings (SSSR count). The maximum atomic E-state index is 13.8. The second-order valence-electron chi connectivity index (χ2n) is 3.67. The van der Waals surface area contributed by atoms with E-state index in [2.05, 4.69) is 4.74 Å². The average molecular weight is 382 g/mol. The molecule has 0 bridgehead atoms. The Kier molecular flexibility index (Phi) is 3.98. The van der Waals surface area contributed by atoms with Gasteiger partial charge in [0.05, 0.1) is 0 Å². The van der Waals surface area contributed by atoms with Crippen LogP contribution in [0.1, 0.15) is 0 Å². The summed E-state index contributed by atoms with van der Waals surface area (Å²) in [6, 6.07) is 9.94. The summed E-state index contributed by atoms with van der Waals surface area (Å²) in [5.74, 6) is -0.727. The fourth-order valence-corrected chi connectivity index (χ4v) is 2.06. The molecule has 0 N–H and O–H groups in total. The van der Waals surface area contributed by atoms with Crippen molar-refractivity contribution in [2.24, 2.45) is 0 Å². The average Bonchev–Trinajstić information content (AvgIpc) is 2.32. The third-order valence-electron chi connectivity index (χ3n) is 2.35. The number of hydrogen-bond donors (Lipinski definition) is 0. The molecule has 6 heteroatoms. The standard InChI is InChI=1S/C13H7F4IO/c14-12-10(2-1-3-11(12)18)8-4-6-9(7-5-8)19-13(15,16)17/h1-7H. The first-order chi connectivity index (χ1) is 8.87. The number of alkyl halides is 3. The Labute approximate surface area is 120 Å². The minimum Gasteiger partial charge on any atom is -0.406 e. The van der Waals surface area contributed by atoms with Gasteiger partial charge in [-0.05, 0) is 46.4 Å². The summed E-state index contributed by atoms with van der Waals surface area (Å²) >= 11 is 1.85. The van der Waals surface area contributed by atoms with Gasteiger partial charge in [0, 0.05) is 9.13 Å². The normalized spacial score (nSPS) is 11.4. The molecule has 2 aromatic carbocycles. The predicted molar refractivity (Wildman–Crippen MR) is 71.2 cm³/mol. The Morgan fingerprint density at radius 3 is 2.16 bits per heavy atom. The Hall–Kier alpha value is -1.31. The number of hydrogen-bond acceptors (Lipinski definition) is 1. The first-order valence-electron chi connectivity index (χ1n) is 5.17. The van der Waals surface area contributed by atoms with Gasteiger partial charge in [0.15, 0.2) is 0 Å². The molecule has 0 aliphatic heterocycles. The summed E-state index contributed by atoms with van der Waals surface area (Å²) in [6.45, 7) is 0. The molecule has 0 atom stereocenters. The molecular formula is C13H7F4IO. The van der Waals surface area contributed by atoms with Gasteiger partial charge >= 0.3 is 6.36 Å². The van der Waals surface area contributed by atoms with E-state index in [0.29, 0.717) is 14.7 Å². The maximum absolute atomic E-state index is 13.8. The molecule has 0 amide bonds. The minimum absolute atomic E-state index is 0.331. The molecule has 1 nitrogen and oxygen atoms in total. The highest BCUT2D eigenvalue weighted by molar-refractivity contribution is 14.1. The van der Waals surface area contributed by atoms with Crippen molar-refractivity contribution < 1.29 is 22.3 Å². The first-order valence-corrected chi connectivity index (χ1v) is 6.25. The number of ether oxygens (including phenoxy) is 1. The van der Waals surface area contributed by atoms with Crippen molar-refractivity contribution in [3.63, 3.8) is 0 Å². The van der Waals surface area contributed by atoms with Gasteiger partial charge in [-0.2, -0.15) is 0 Å². The second-order valence-corrected chi connectivity index (χ2v) is 4.84. The molecule has 0 saturated heterocycles. The molecule has 0 spiro atoms. The van der Waals surface area contributed by atoms with E-state index in [-0.39, 0.29) is 5.75 Å². The van der Waals surface area contributed by atoms with Crippen LogP contribution in [0, 0.1) is 9.39 Å². The van der Waals surface area contributed by atoms with E-state index in [0.717, 1.165) is 12.1 Å². The second kappa shape index (κ2) is 5.36. The number of benzene rings is 2. The molecular weight excluding hydrogens is 375 g/mol. The van der Waals surface area contributed by atoms with E-state index in [1.807, 2.05) is 22.6 Å². The van der Waals surface area contributed by atoms with E-state index < -0.39 is 12.2 Å². The number of rotatable bonds is 2. The summed E-state index contributed by atoms with van der Waals surface area (Å²) in [5.41, 5.74) is 0.830. The highest BCUT2D eigenvalue weighted by atomic mass is 127. The first kappa shape index (κ1) is 14.1. The Bertz CT molecular complexity index is 578. The van der Waals surface area contributed by atoms with E-state index in [1.165, 1.54) is 12.1 Å². The third kappa shape index (κ3) is 3.59. The molecule has 0 radical (unpaired) electrons. The number of halogens is 5. The van der Waals surface area contributed by atoms with Crippen molar-refractivity contribution in [2.75, 3.05) is 0 Å². The van der Waals surface area contributed by atoms with Crippen LogP contribution in [0.5, 0.6) is 5.75 Å². The lowest BCUT2D eigenvalue weighted by molar-refractivity contribution is -0.274. The smallest absolute Gasteiger partial charge is 0.406 e. The Balaban J connectivity index is 2.30. The van der Waals surface area contributed by atoms with Crippen LogP contribution in [0.25, 0.3) is 11.1 Å². The van der Waals surface area contributed by atoms with Crippen LogP contribution in [0.3, 0.4) is 0 Å². The molecule has 0 aromatic heterocycles. The van der Waals surface area contributed by atoms with Gasteiger partial charge < -0.3 is 4.74 Å². The van der Waals surface area contributed by atoms with Gasteiger partial charge in [-0.1, -0.05) is 24.3 Å². The van der Waals surface area contributed by atoms with Crippen LogP contribution in [0.15, 0.2) is 42.5 Å². The molecule has 0 heterocycles. The van der Waals surface area contributed by atoms with Crippen LogP contribution in [-0.2, 0) is 0 Å². The molecule has 0 aliphatic rings. The van der Waals surface area contributed by atoms with Crippen molar-refractivity contribution in [1.82, 2.24) is 0 Å². The predicted octanol–water partition coefficient (Wildman–Crippen LogP) is 5.00. The van der Waals surface area contributed by atoms with Crippen molar-refractivity contribution in [3.05, 3.63) is 51.9 Å². The molecule has 0 saturated carbocycles. The molecule has 2 aromatic rings. The van der Waals surface area contributed by atoms with Crippen LogP contribution >= 0.6 is 22.6 Å². The SMILES string of the molecule is Fc1c(I)cccc1-c1ccc(OC(F)(F)F)cc1. The van der Waals surface area contributed by atoms with Gasteiger partial charge in [-0.15, -0.1) is 13.2 Å². The zero-order valence-electron chi connectivity index (χ0n) is 9.34. The third-order valence-corrected chi connectivity index (χ3v) is 3.18. The fourth-order valence-electron chi connectivity index (χ4n) is 1.56. The highest BCUT2D eigenvalue weighted by Crippen LogP contribution is 2.29. The zero-order valence-corrected chi connectivity index (χ0v) is 11.5. The fraction of sp³-hybridized carbons (Fsp3) is 0.0769. The molecule has 100 valence electrons. The van der Waals surface area contributed by atoms with E-state index in [4.69, 9.17) is 0 Å². The molecule has 19 heavy (non-hydrogen) atoms. The van der Waals surface area contributed by atoms with E-state index in [1.54, 1.807) is 18.2 Å². The van der Waals surface area contributed by atoms with Crippen LogP contribution < -0.4 is 4.74 Å². The van der Waals surface area contributed by atoms with Gasteiger partial charge in [0.2, 0.25) is 0 Å².